The number of aliphatic hydroxyl groups is 2. The van der Waals surface area contributed by atoms with Crippen molar-refractivity contribution in [3.05, 3.63) is 18.6 Å². The zero-order valence-electron chi connectivity index (χ0n) is 15.5. The monoisotopic (exact) mass is 389 g/mol. The highest BCUT2D eigenvalue weighted by atomic mass is 16.6. The quantitative estimate of drug-likeness (QED) is 0.378. The van der Waals surface area contributed by atoms with Crippen molar-refractivity contribution in [1.29, 1.82) is 0 Å². The first-order valence-electron chi connectivity index (χ1n) is 8.74. The van der Waals surface area contributed by atoms with E-state index in [9.17, 15) is 15.0 Å². The van der Waals surface area contributed by atoms with E-state index < -0.39 is 42.7 Å². The minimum Gasteiger partial charge on any atom is -0.454 e. The van der Waals surface area contributed by atoms with Gasteiger partial charge in [-0.25, -0.2) is 9.97 Å². The van der Waals surface area contributed by atoms with E-state index in [4.69, 9.17) is 27.4 Å². The van der Waals surface area contributed by atoms with Gasteiger partial charge in [0.1, 0.15) is 29.9 Å². The number of aliphatic hydroxyl groups excluding tert-OH is 1. The van der Waals surface area contributed by atoms with Crippen LogP contribution in [0.2, 0.25) is 0 Å². The molecular weight excluding hydrogens is 366 g/mol. The Bertz CT molecular complexity index is 923. The van der Waals surface area contributed by atoms with Crippen LogP contribution in [0.1, 0.15) is 20.1 Å². The third-order valence-corrected chi connectivity index (χ3v) is 4.89. The minimum absolute atomic E-state index is 0.190. The number of nitrogens with zero attached hydrogens (tertiary/aromatic N) is 3. The van der Waals surface area contributed by atoms with Crippen LogP contribution < -0.4 is 11.5 Å². The predicted octanol–water partition coefficient (Wildman–Crippen LogP) is -0.837. The van der Waals surface area contributed by atoms with Gasteiger partial charge in [0, 0.05) is 6.20 Å². The molecule has 3 heterocycles. The van der Waals surface area contributed by atoms with E-state index in [0.717, 1.165) is 0 Å². The molecule has 5 atom stereocenters. The maximum Gasteiger partial charge on any atom is 0.323 e. The van der Waals surface area contributed by atoms with Crippen molar-refractivity contribution < 1.29 is 24.5 Å². The molecule has 3 rings (SSSR count). The second-order valence-corrected chi connectivity index (χ2v) is 7.03. The van der Waals surface area contributed by atoms with Gasteiger partial charge in [0.2, 0.25) is 5.60 Å². The van der Waals surface area contributed by atoms with E-state index in [1.807, 2.05) is 0 Å². The van der Waals surface area contributed by atoms with Gasteiger partial charge < -0.3 is 35.7 Å². The molecule has 0 aromatic carbocycles. The molecule has 1 fully saturated rings. The number of hydrogen-bond acceptors (Lipinski definition) is 9. The first kappa shape index (κ1) is 20.0. The van der Waals surface area contributed by atoms with Gasteiger partial charge in [0.25, 0.3) is 0 Å². The number of carbonyl (C=O) groups is 1. The molecule has 1 aliphatic rings. The van der Waals surface area contributed by atoms with Gasteiger partial charge >= 0.3 is 5.97 Å². The summed E-state index contributed by atoms with van der Waals surface area (Å²) < 4.78 is 12.6. The Labute approximate surface area is 161 Å². The molecule has 150 valence electrons. The number of esters is 1. The Morgan fingerprint density at radius 1 is 1.54 bits per heavy atom. The number of carbonyl (C=O) groups excluding carboxylic acids is 1. The third kappa shape index (κ3) is 3.08. The zero-order chi connectivity index (χ0) is 20.6. The van der Waals surface area contributed by atoms with Crippen molar-refractivity contribution in [2.24, 2.45) is 11.7 Å². The van der Waals surface area contributed by atoms with Crippen LogP contribution in [-0.2, 0) is 14.3 Å². The summed E-state index contributed by atoms with van der Waals surface area (Å²) in [5.41, 5.74) is 9.96. The van der Waals surface area contributed by atoms with E-state index in [2.05, 4.69) is 15.9 Å². The van der Waals surface area contributed by atoms with Crippen molar-refractivity contribution in [3.63, 3.8) is 0 Å². The summed E-state index contributed by atoms with van der Waals surface area (Å²) in [4.78, 5) is 20.4. The second-order valence-electron chi connectivity index (χ2n) is 7.03. The summed E-state index contributed by atoms with van der Waals surface area (Å²) in [6.07, 6.45) is 4.86. The van der Waals surface area contributed by atoms with E-state index in [-0.39, 0.29) is 11.7 Å². The summed E-state index contributed by atoms with van der Waals surface area (Å²) in [7, 11) is 0. The van der Waals surface area contributed by atoms with Gasteiger partial charge in [-0.1, -0.05) is 19.8 Å². The molecule has 0 unspecified atom stereocenters. The molecule has 0 radical (unpaired) electrons. The number of aromatic nitrogens is 3. The largest absolute Gasteiger partial charge is 0.454 e. The molecule has 10 nitrogen and oxygen atoms in total. The molecule has 1 saturated heterocycles. The smallest absolute Gasteiger partial charge is 0.323 e. The lowest BCUT2D eigenvalue weighted by atomic mass is 9.94. The van der Waals surface area contributed by atoms with Crippen molar-refractivity contribution >= 4 is 22.8 Å². The van der Waals surface area contributed by atoms with Gasteiger partial charge in [0.15, 0.2) is 12.3 Å². The number of nitrogens with two attached hydrogens (primary N) is 2. The van der Waals surface area contributed by atoms with Gasteiger partial charge in [-0.05, 0) is 12.0 Å². The van der Waals surface area contributed by atoms with E-state index in [1.54, 1.807) is 26.1 Å². The number of ether oxygens (including phenoxy) is 2. The number of rotatable bonds is 5. The lowest BCUT2D eigenvalue weighted by Gasteiger charge is -2.30. The fourth-order valence-electron chi connectivity index (χ4n) is 3.16. The highest BCUT2D eigenvalue weighted by Gasteiger charge is 2.58. The Hall–Kier alpha value is -2.71. The fraction of sp³-hybridized carbons (Fsp3) is 0.500. The molecule has 6 N–H and O–H groups in total. The molecule has 0 aliphatic carbocycles. The zero-order valence-corrected chi connectivity index (χ0v) is 15.5. The number of hydrogen-bond donors (Lipinski definition) is 4. The van der Waals surface area contributed by atoms with Crippen LogP contribution in [0.5, 0.6) is 0 Å². The van der Waals surface area contributed by atoms with Gasteiger partial charge in [-0.15, -0.1) is 6.42 Å². The minimum atomic E-state index is -2.08. The van der Waals surface area contributed by atoms with Crippen molar-refractivity contribution in [1.82, 2.24) is 14.5 Å². The summed E-state index contributed by atoms with van der Waals surface area (Å²) in [6.45, 7) is 2.98. The third-order valence-electron chi connectivity index (χ3n) is 4.89. The Morgan fingerprint density at radius 2 is 2.25 bits per heavy atom. The van der Waals surface area contributed by atoms with Crippen LogP contribution in [0.4, 0.5) is 5.82 Å². The molecule has 0 spiro atoms. The predicted molar refractivity (Wildman–Crippen MR) is 99.4 cm³/mol. The van der Waals surface area contributed by atoms with Crippen LogP contribution >= 0.6 is 0 Å². The summed E-state index contributed by atoms with van der Waals surface area (Å²) in [5.74, 6) is 1.56. The standard InChI is InChI=1S/C18H23N5O5/c1-4-18(26)13(28-16(25)12(19)9(2)3)11(7-24)27-17(18)23-6-5-10-14(20)21-8-22-15(10)23/h1,5-6,8-9,11-13,17,24,26H,7,19H2,2-3H3,(H2,20,21,22)/t11-,12+,13-,17-,18-/m1/s1. The van der Waals surface area contributed by atoms with Gasteiger partial charge in [-0.3, -0.25) is 4.79 Å². The number of nitrogen functional groups attached to an aromatic ring is 1. The van der Waals surface area contributed by atoms with Crippen LogP contribution in [-0.4, -0.2) is 61.2 Å². The number of fused-ring (bicyclic) bond motifs is 1. The maximum absolute atomic E-state index is 12.3. The van der Waals surface area contributed by atoms with Crippen molar-refractivity contribution in [3.8, 4) is 12.3 Å². The first-order valence-corrected chi connectivity index (χ1v) is 8.74. The summed E-state index contributed by atoms with van der Waals surface area (Å²) in [6, 6.07) is 0.729. The van der Waals surface area contributed by atoms with E-state index >= 15 is 0 Å². The highest BCUT2D eigenvalue weighted by Crippen LogP contribution is 2.41. The fourth-order valence-corrected chi connectivity index (χ4v) is 3.16. The second kappa shape index (κ2) is 7.37. The molecule has 28 heavy (non-hydrogen) atoms. The molecule has 0 amide bonds. The Kier molecular flexibility index (Phi) is 5.27. The molecule has 10 heteroatoms. The number of terminal acetylenes is 1. The van der Waals surface area contributed by atoms with Gasteiger partial charge in [-0.2, -0.15) is 0 Å². The molecule has 0 bridgehead atoms. The van der Waals surface area contributed by atoms with Crippen LogP contribution in [0.15, 0.2) is 18.6 Å². The Balaban J connectivity index is 2.01. The average molecular weight is 389 g/mol. The maximum atomic E-state index is 12.3. The normalized spacial score (nSPS) is 28.4. The lowest BCUT2D eigenvalue weighted by molar-refractivity contribution is -0.163. The van der Waals surface area contributed by atoms with Crippen LogP contribution in [0.3, 0.4) is 0 Å². The topological polar surface area (TPSA) is 159 Å². The van der Waals surface area contributed by atoms with E-state index in [0.29, 0.717) is 11.0 Å². The average Bonchev–Trinajstić information content (AvgIpc) is 3.21. The lowest BCUT2D eigenvalue weighted by Crippen LogP contribution is -2.51. The highest BCUT2D eigenvalue weighted by molar-refractivity contribution is 5.86. The Morgan fingerprint density at radius 3 is 2.86 bits per heavy atom. The summed E-state index contributed by atoms with van der Waals surface area (Å²) >= 11 is 0. The van der Waals surface area contributed by atoms with Crippen LogP contribution in [0, 0.1) is 18.3 Å². The summed E-state index contributed by atoms with van der Waals surface area (Å²) in [5, 5.41) is 21.5. The molecule has 2 aromatic heterocycles. The van der Waals surface area contributed by atoms with E-state index in [1.165, 1.54) is 10.9 Å². The molecule has 0 saturated carbocycles. The van der Waals surface area contributed by atoms with Crippen molar-refractivity contribution in [2.75, 3.05) is 12.3 Å². The van der Waals surface area contributed by atoms with Crippen molar-refractivity contribution in [2.45, 2.75) is 43.9 Å². The molecule has 2 aromatic rings. The van der Waals surface area contributed by atoms with Gasteiger partial charge in [0.05, 0.1) is 12.0 Å². The number of anilines is 1. The molecular formula is C18H23N5O5. The SMILES string of the molecule is C#C[C@@]1(O)[C@H](OC(=O)[C@@H](N)C(C)C)[C@@H](CO)O[C@H]1n1ccc2c(N)ncnc21. The molecule has 1 aliphatic heterocycles. The van der Waals surface area contributed by atoms with Crippen LogP contribution in [0.25, 0.3) is 11.0 Å². The first-order chi connectivity index (χ1) is 13.2.